The molecule has 0 aromatic heterocycles. The molecule has 3 amide bonds. The van der Waals surface area contributed by atoms with Crippen molar-refractivity contribution in [1.29, 1.82) is 0 Å². The molecule has 12 heteroatoms. The lowest BCUT2D eigenvalue weighted by molar-refractivity contribution is -0.132. The van der Waals surface area contributed by atoms with Crippen LogP contribution in [0.2, 0.25) is 0 Å². The van der Waals surface area contributed by atoms with E-state index in [1.54, 1.807) is 0 Å². The average Bonchev–Trinajstić information content (AvgIpc) is 3.83. The Morgan fingerprint density at radius 2 is 1.80 bits per heavy atom. The van der Waals surface area contributed by atoms with Gasteiger partial charge < -0.3 is 29.9 Å². The van der Waals surface area contributed by atoms with Crippen molar-refractivity contribution < 1.29 is 27.8 Å². The van der Waals surface area contributed by atoms with Gasteiger partial charge in [-0.05, 0) is 57.1 Å². The highest BCUT2D eigenvalue weighted by atomic mass is 19.1. The van der Waals surface area contributed by atoms with Gasteiger partial charge in [0, 0.05) is 49.1 Å². The molecule has 13 atom stereocenters. The molecule has 5 aliphatic heterocycles. The average molecular weight is 633 g/mol. The first-order valence-corrected chi connectivity index (χ1v) is 17.2. The molecule has 2 bridgehead atoms. The minimum absolute atomic E-state index is 0.0344. The Kier molecular flexibility index (Phi) is 8.97. The quantitative estimate of drug-likeness (QED) is 0.325. The summed E-state index contributed by atoms with van der Waals surface area (Å²) in [6.07, 6.45) is 4.68. The van der Waals surface area contributed by atoms with Gasteiger partial charge in [-0.2, -0.15) is 0 Å². The van der Waals surface area contributed by atoms with Crippen molar-refractivity contribution in [1.82, 2.24) is 30.7 Å². The number of nitrogens with one attached hydrogen (secondary N) is 3. The topological polar surface area (TPSA) is 98.4 Å². The summed E-state index contributed by atoms with van der Waals surface area (Å²) in [5.41, 5.74) is 0. The van der Waals surface area contributed by atoms with E-state index in [1.807, 2.05) is 22.0 Å². The van der Waals surface area contributed by atoms with Crippen LogP contribution in [0.5, 0.6) is 0 Å². The molecule has 0 spiro atoms. The number of halogens is 2. The van der Waals surface area contributed by atoms with Crippen LogP contribution in [-0.4, -0.2) is 127 Å². The molecular formula is C33H50F2N6O4. The van der Waals surface area contributed by atoms with Crippen molar-refractivity contribution in [2.45, 2.75) is 119 Å². The molecule has 0 radical (unpaired) electrons. The number of alkyl halides is 2. The summed E-state index contributed by atoms with van der Waals surface area (Å²) in [5, 5.41) is 10.6. The van der Waals surface area contributed by atoms with Crippen LogP contribution < -0.4 is 16.0 Å². The van der Waals surface area contributed by atoms with Crippen LogP contribution in [0.15, 0.2) is 24.8 Å². The summed E-state index contributed by atoms with van der Waals surface area (Å²) in [7, 11) is 0. The van der Waals surface area contributed by atoms with Gasteiger partial charge in [0.25, 0.3) is 0 Å². The third kappa shape index (κ3) is 5.72. The third-order valence-corrected chi connectivity index (χ3v) is 11.6. The molecule has 0 aromatic rings. The fourth-order valence-electron chi connectivity index (χ4n) is 9.49. The summed E-state index contributed by atoms with van der Waals surface area (Å²) in [5.74, 6) is -0.799. The van der Waals surface area contributed by atoms with Crippen LogP contribution in [0.25, 0.3) is 0 Å². The molecule has 45 heavy (non-hydrogen) atoms. The number of ether oxygens (including phenoxy) is 2. The summed E-state index contributed by atoms with van der Waals surface area (Å²) in [6.45, 7) is 10.6. The number of piperazine rings is 1. The lowest BCUT2D eigenvalue weighted by atomic mass is 9.73. The van der Waals surface area contributed by atoms with E-state index in [4.69, 9.17) is 9.47 Å². The first-order chi connectivity index (χ1) is 21.8. The summed E-state index contributed by atoms with van der Waals surface area (Å²) >= 11 is 0. The Hall–Kier alpha value is -2.12. The van der Waals surface area contributed by atoms with Gasteiger partial charge in [-0.1, -0.05) is 32.6 Å². The van der Waals surface area contributed by atoms with Crippen LogP contribution in [0.1, 0.15) is 52.4 Å². The number of hydrogen-bond donors (Lipinski definition) is 3. The summed E-state index contributed by atoms with van der Waals surface area (Å²) in [4.78, 5) is 33.0. The molecule has 2 aliphatic carbocycles. The summed E-state index contributed by atoms with van der Waals surface area (Å²) in [6, 6.07) is -1.16. The van der Waals surface area contributed by atoms with Gasteiger partial charge in [0.15, 0.2) is 0 Å². The van der Waals surface area contributed by atoms with Gasteiger partial charge in [-0.15, -0.1) is 0 Å². The Balaban J connectivity index is 1.26. The molecule has 10 nitrogen and oxygen atoms in total. The van der Waals surface area contributed by atoms with Crippen LogP contribution >= 0.6 is 0 Å². The van der Waals surface area contributed by atoms with Crippen molar-refractivity contribution in [3.8, 4) is 0 Å². The van der Waals surface area contributed by atoms with Gasteiger partial charge in [0.05, 0.1) is 43.8 Å². The van der Waals surface area contributed by atoms with Crippen LogP contribution in [0.3, 0.4) is 0 Å². The second kappa shape index (κ2) is 12.8. The number of nitrogens with zero attached hydrogens (tertiary/aromatic N) is 3. The van der Waals surface area contributed by atoms with Crippen LogP contribution in [0.4, 0.5) is 13.6 Å². The largest absolute Gasteiger partial charge is 0.374 e. The Morgan fingerprint density at radius 3 is 2.56 bits per heavy atom. The molecule has 7 rings (SSSR count). The second-order valence-electron chi connectivity index (χ2n) is 14.4. The van der Waals surface area contributed by atoms with E-state index >= 15 is 8.78 Å². The Bertz CT molecular complexity index is 1160. The number of hydrogen-bond acceptors (Lipinski definition) is 7. The Labute approximate surface area is 265 Å². The van der Waals surface area contributed by atoms with E-state index < -0.39 is 42.7 Å². The number of fused-ring (bicyclic) bond motifs is 6. The molecule has 4 saturated heterocycles. The SMILES string of the molecule is C=CC(=O)N1CCN(C2NC(=O)N3C4NC(C(F)CC42)C2C(F)CCCC2OC/C=C\COC2CCNC(C(C)C)C23)[C@@H]2C[C@@H]21. The standard InChI is InChI=1S/C33H50F2N6O4/c1-4-26(42)39-12-13-40(23-17-22(23)39)31-19-16-21(35)29-27-20(34)8-7-9-24(27)44-14-5-6-15-45-25-10-11-36-28(18(2)3)30(25)41(32(19)37-29)33(43)38-31/h4-6,18-25,27-32,36-37H,1,7-17H2,2-3H3,(H,38,43)/b6-5-/t19?,20?,21?,22-,23+,24?,25?,27?,28?,29?,30?,31?,32?/m0/s1. The zero-order valence-electron chi connectivity index (χ0n) is 26.5. The maximum atomic E-state index is 16.6. The molecule has 250 valence electrons. The van der Waals surface area contributed by atoms with E-state index in [0.29, 0.717) is 45.6 Å². The van der Waals surface area contributed by atoms with Gasteiger partial charge in [-0.3, -0.25) is 15.0 Å². The number of amides is 3. The molecule has 5 heterocycles. The van der Waals surface area contributed by atoms with Crippen LogP contribution in [-0.2, 0) is 14.3 Å². The smallest absolute Gasteiger partial charge is 0.320 e. The third-order valence-electron chi connectivity index (χ3n) is 11.6. The number of rotatable bonds is 3. The van der Waals surface area contributed by atoms with E-state index in [9.17, 15) is 9.59 Å². The normalized spacial score (nSPS) is 46.2. The van der Waals surface area contributed by atoms with Gasteiger partial charge in [0.1, 0.15) is 12.3 Å². The number of piperidine rings is 2. The maximum absolute atomic E-state index is 16.6. The van der Waals surface area contributed by atoms with E-state index in [2.05, 4.69) is 41.3 Å². The highest BCUT2D eigenvalue weighted by molar-refractivity contribution is 5.87. The zero-order valence-corrected chi connectivity index (χ0v) is 26.5. The van der Waals surface area contributed by atoms with Crippen molar-refractivity contribution in [3.05, 3.63) is 24.8 Å². The Morgan fingerprint density at radius 1 is 1.02 bits per heavy atom. The number of urea groups is 1. The molecule has 6 fully saturated rings. The predicted molar refractivity (Wildman–Crippen MR) is 165 cm³/mol. The van der Waals surface area contributed by atoms with E-state index in [-0.39, 0.29) is 60.5 Å². The first kappa shape index (κ1) is 31.5. The van der Waals surface area contributed by atoms with Gasteiger partial charge in [-0.25, -0.2) is 13.6 Å². The van der Waals surface area contributed by atoms with E-state index in [1.165, 1.54) is 6.08 Å². The number of carbonyl (C=O) groups excluding carboxylic acids is 2. The molecule has 0 aromatic carbocycles. The van der Waals surface area contributed by atoms with Crippen LogP contribution in [0, 0.1) is 17.8 Å². The fraction of sp³-hybridized carbons (Fsp3) is 0.818. The molecule has 11 unspecified atom stereocenters. The molecular weight excluding hydrogens is 582 g/mol. The van der Waals surface area contributed by atoms with Gasteiger partial charge in [0.2, 0.25) is 5.91 Å². The minimum Gasteiger partial charge on any atom is -0.374 e. The maximum Gasteiger partial charge on any atom is 0.320 e. The lowest BCUT2D eigenvalue weighted by Gasteiger charge is -2.59. The molecule has 2 saturated carbocycles. The fourth-order valence-corrected chi connectivity index (χ4v) is 9.49. The highest BCUT2D eigenvalue weighted by Gasteiger charge is 2.60. The molecule has 7 aliphatic rings. The van der Waals surface area contributed by atoms with Crippen molar-refractivity contribution in [2.75, 3.05) is 32.8 Å². The van der Waals surface area contributed by atoms with E-state index in [0.717, 1.165) is 19.4 Å². The number of carbonyl (C=O) groups is 2. The minimum atomic E-state index is -1.31. The summed E-state index contributed by atoms with van der Waals surface area (Å²) < 4.78 is 45.1. The molecule has 3 N–H and O–H groups in total. The van der Waals surface area contributed by atoms with Crippen molar-refractivity contribution in [3.63, 3.8) is 0 Å². The zero-order chi connectivity index (χ0) is 31.4. The second-order valence-corrected chi connectivity index (χ2v) is 14.4. The monoisotopic (exact) mass is 632 g/mol. The predicted octanol–water partition coefficient (Wildman–Crippen LogP) is 2.32. The van der Waals surface area contributed by atoms with Crippen molar-refractivity contribution >= 4 is 11.9 Å². The lowest BCUT2D eigenvalue weighted by Crippen LogP contribution is -2.80. The van der Waals surface area contributed by atoms with Crippen molar-refractivity contribution in [2.24, 2.45) is 17.8 Å². The highest BCUT2D eigenvalue weighted by Crippen LogP contribution is 2.45. The first-order valence-electron chi connectivity index (χ1n) is 17.2. The van der Waals surface area contributed by atoms with Gasteiger partial charge >= 0.3 is 6.03 Å².